The number of nitrogens with zero attached hydrogens (tertiary/aromatic N) is 1. The molecule has 6 heteroatoms. The molecule has 2 aliphatic rings. The van der Waals surface area contributed by atoms with Gasteiger partial charge in [0.05, 0.1) is 5.69 Å². The largest absolute Gasteiger partial charge is 0.374 e. The Morgan fingerprint density at radius 1 is 1.12 bits per heavy atom. The number of fused-ring (bicyclic) bond motifs is 1. The Morgan fingerprint density at radius 2 is 1.96 bits per heavy atom. The van der Waals surface area contributed by atoms with Gasteiger partial charge < -0.3 is 15.5 Å². The number of rotatable bonds is 3. The van der Waals surface area contributed by atoms with Gasteiger partial charge in [0.2, 0.25) is 11.8 Å². The van der Waals surface area contributed by atoms with Gasteiger partial charge in [-0.05, 0) is 48.7 Å². The number of hydrogen-bond donors (Lipinski definition) is 2. The molecule has 2 aromatic carbocycles. The molecule has 1 fully saturated rings. The number of amides is 2. The first kappa shape index (κ1) is 15.6. The van der Waals surface area contributed by atoms with E-state index in [0.29, 0.717) is 31.5 Å². The van der Waals surface area contributed by atoms with E-state index >= 15 is 0 Å². The van der Waals surface area contributed by atoms with Crippen LogP contribution in [0.25, 0.3) is 0 Å². The third-order valence-electron chi connectivity index (χ3n) is 4.69. The molecule has 1 saturated heterocycles. The Morgan fingerprint density at radius 3 is 2.80 bits per heavy atom. The van der Waals surface area contributed by atoms with E-state index in [1.807, 2.05) is 18.2 Å². The zero-order valence-electron chi connectivity index (χ0n) is 13.6. The minimum atomic E-state index is -0.388. The predicted octanol–water partition coefficient (Wildman–Crippen LogP) is 2.93. The molecule has 5 nitrogen and oxygen atoms in total. The number of carbonyl (C=O) groups is 2. The van der Waals surface area contributed by atoms with Crippen LogP contribution in [0.4, 0.5) is 21.5 Å². The van der Waals surface area contributed by atoms with Gasteiger partial charge >= 0.3 is 0 Å². The van der Waals surface area contributed by atoms with E-state index in [4.69, 9.17) is 0 Å². The molecule has 2 amide bonds. The number of nitrogens with one attached hydrogen (secondary N) is 2. The quantitative estimate of drug-likeness (QED) is 0.904. The van der Waals surface area contributed by atoms with Crippen LogP contribution in [-0.2, 0) is 16.0 Å². The first-order valence-corrected chi connectivity index (χ1v) is 8.37. The summed E-state index contributed by atoms with van der Waals surface area (Å²) in [5.74, 6) is -0.489. The van der Waals surface area contributed by atoms with Gasteiger partial charge in [0, 0.05) is 24.3 Å². The van der Waals surface area contributed by atoms with E-state index < -0.39 is 0 Å². The van der Waals surface area contributed by atoms with Crippen molar-refractivity contribution in [1.29, 1.82) is 0 Å². The first-order chi connectivity index (χ1) is 12.1. The van der Waals surface area contributed by atoms with Crippen LogP contribution in [0, 0.1) is 5.82 Å². The SMILES string of the molecule is O=C1CCc2cc(N[C@H]3CCN(c4ccccc4F)C3=O)ccc2N1. The fraction of sp³-hybridized carbons (Fsp3) is 0.263. The topological polar surface area (TPSA) is 61.4 Å². The molecule has 0 unspecified atom stereocenters. The molecule has 0 radical (unpaired) electrons. The summed E-state index contributed by atoms with van der Waals surface area (Å²) in [5, 5.41) is 6.09. The molecule has 0 spiro atoms. The van der Waals surface area contributed by atoms with Gasteiger partial charge in [-0.25, -0.2) is 4.39 Å². The Labute approximate surface area is 144 Å². The molecule has 4 rings (SSSR count). The van der Waals surface area contributed by atoms with E-state index in [-0.39, 0.29) is 23.7 Å². The molecule has 25 heavy (non-hydrogen) atoms. The van der Waals surface area contributed by atoms with Gasteiger partial charge in [-0.2, -0.15) is 0 Å². The number of para-hydroxylation sites is 1. The minimum absolute atomic E-state index is 0.0275. The average molecular weight is 339 g/mol. The third-order valence-corrected chi connectivity index (χ3v) is 4.69. The smallest absolute Gasteiger partial charge is 0.249 e. The summed E-state index contributed by atoms with van der Waals surface area (Å²) < 4.78 is 13.9. The molecule has 128 valence electrons. The van der Waals surface area contributed by atoms with Crippen LogP contribution >= 0.6 is 0 Å². The van der Waals surface area contributed by atoms with Crippen LogP contribution in [0.5, 0.6) is 0 Å². The Bertz CT molecular complexity index is 852. The minimum Gasteiger partial charge on any atom is -0.374 e. The second-order valence-electron chi connectivity index (χ2n) is 6.35. The van der Waals surface area contributed by atoms with Gasteiger partial charge in [-0.1, -0.05) is 12.1 Å². The standard InChI is InChI=1S/C19H18FN3O2/c20-14-3-1-2-4-17(14)23-10-9-16(19(23)25)21-13-6-7-15-12(11-13)5-8-18(24)22-15/h1-4,6-7,11,16,21H,5,8-10H2,(H,22,24)/t16-/m0/s1. The molecular formula is C19H18FN3O2. The summed E-state index contributed by atoms with van der Waals surface area (Å²) >= 11 is 0. The molecule has 0 saturated carbocycles. The molecule has 0 aromatic heterocycles. The van der Waals surface area contributed by atoms with Crippen LogP contribution in [0.15, 0.2) is 42.5 Å². The summed E-state index contributed by atoms with van der Waals surface area (Å²) in [6.45, 7) is 0.485. The van der Waals surface area contributed by atoms with Crippen molar-refractivity contribution in [3.8, 4) is 0 Å². The van der Waals surface area contributed by atoms with Crippen LogP contribution in [0.1, 0.15) is 18.4 Å². The molecule has 0 bridgehead atoms. The lowest BCUT2D eigenvalue weighted by Crippen LogP contribution is -2.34. The Kier molecular flexibility index (Phi) is 3.87. The van der Waals surface area contributed by atoms with Crippen molar-refractivity contribution in [3.63, 3.8) is 0 Å². The summed E-state index contributed by atoms with van der Waals surface area (Å²) in [7, 11) is 0. The van der Waals surface area contributed by atoms with Crippen molar-refractivity contribution in [1.82, 2.24) is 0 Å². The summed E-state index contributed by atoms with van der Waals surface area (Å²) in [5.41, 5.74) is 3.04. The highest BCUT2D eigenvalue weighted by atomic mass is 19.1. The third kappa shape index (κ3) is 2.95. The van der Waals surface area contributed by atoms with Gasteiger partial charge in [0.1, 0.15) is 11.9 Å². The molecule has 2 aromatic rings. The van der Waals surface area contributed by atoms with Gasteiger partial charge in [-0.3, -0.25) is 9.59 Å². The maximum atomic E-state index is 13.9. The maximum absolute atomic E-state index is 13.9. The molecule has 0 aliphatic carbocycles. The fourth-order valence-corrected chi connectivity index (χ4v) is 3.40. The number of benzene rings is 2. The van der Waals surface area contributed by atoms with Crippen LogP contribution in [-0.4, -0.2) is 24.4 Å². The predicted molar refractivity (Wildman–Crippen MR) is 94.2 cm³/mol. The molecule has 1 atom stereocenters. The highest BCUT2D eigenvalue weighted by Gasteiger charge is 2.33. The lowest BCUT2D eigenvalue weighted by atomic mass is 10.0. The second-order valence-corrected chi connectivity index (χ2v) is 6.35. The highest BCUT2D eigenvalue weighted by molar-refractivity contribution is 6.01. The van der Waals surface area contributed by atoms with Crippen LogP contribution in [0.2, 0.25) is 0 Å². The van der Waals surface area contributed by atoms with E-state index in [0.717, 1.165) is 16.9 Å². The Balaban J connectivity index is 1.50. The van der Waals surface area contributed by atoms with Crippen molar-refractivity contribution in [2.45, 2.75) is 25.3 Å². The normalized spacial score (nSPS) is 19.6. The average Bonchev–Trinajstić information content (AvgIpc) is 2.96. The van der Waals surface area contributed by atoms with Crippen LogP contribution < -0.4 is 15.5 Å². The number of hydrogen-bond acceptors (Lipinski definition) is 3. The van der Waals surface area contributed by atoms with Crippen molar-refractivity contribution in [2.24, 2.45) is 0 Å². The summed E-state index contributed by atoms with van der Waals surface area (Å²) in [6, 6.07) is 11.6. The number of halogens is 1. The van der Waals surface area contributed by atoms with Crippen molar-refractivity contribution < 1.29 is 14.0 Å². The van der Waals surface area contributed by atoms with Gasteiger partial charge in [0.15, 0.2) is 0 Å². The van der Waals surface area contributed by atoms with Gasteiger partial charge in [-0.15, -0.1) is 0 Å². The molecule has 2 N–H and O–H groups in total. The molecule has 2 aliphatic heterocycles. The molecular weight excluding hydrogens is 321 g/mol. The number of carbonyl (C=O) groups excluding carboxylic acids is 2. The fourth-order valence-electron chi connectivity index (χ4n) is 3.40. The monoisotopic (exact) mass is 339 g/mol. The lowest BCUT2D eigenvalue weighted by molar-refractivity contribution is -0.118. The van der Waals surface area contributed by atoms with E-state index in [2.05, 4.69) is 10.6 Å². The Hall–Kier alpha value is -2.89. The highest BCUT2D eigenvalue weighted by Crippen LogP contribution is 2.29. The zero-order chi connectivity index (χ0) is 17.4. The first-order valence-electron chi connectivity index (χ1n) is 8.37. The summed E-state index contributed by atoms with van der Waals surface area (Å²) in [4.78, 5) is 25.5. The van der Waals surface area contributed by atoms with E-state index in [1.54, 1.807) is 18.2 Å². The lowest BCUT2D eigenvalue weighted by Gasteiger charge is -2.20. The van der Waals surface area contributed by atoms with E-state index in [1.165, 1.54) is 11.0 Å². The van der Waals surface area contributed by atoms with Crippen molar-refractivity contribution in [2.75, 3.05) is 22.1 Å². The second kappa shape index (κ2) is 6.20. The maximum Gasteiger partial charge on any atom is 0.249 e. The number of aryl methyl sites for hydroxylation is 1. The number of anilines is 3. The van der Waals surface area contributed by atoms with Gasteiger partial charge in [0.25, 0.3) is 0 Å². The van der Waals surface area contributed by atoms with Crippen molar-refractivity contribution >= 4 is 28.9 Å². The van der Waals surface area contributed by atoms with Crippen LogP contribution in [0.3, 0.4) is 0 Å². The summed E-state index contributed by atoms with van der Waals surface area (Å²) in [6.07, 6.45) is 1.78. The zero-order valence-corrected chi connectivity index (χ0v) is 13.6. The van der Waals surface area contributed by atoms with E-state index in [9.17, 15) is 14.0 Å². The molecule has 2 heterocycles. The van der Waals surface area contributed by atoms with Crippen molar-refractivity contribution in [3.05, 3.63) is 53.8 Å².